The summed E-state index contributed by atoms with van der Waals surface area (Å²) < 4.78 is 16.0. The van der Waals surface area contributed by atoms with Gasteiger partial charge in [0.15, 0.2) is 0 Å². The summed E-state index contributed by atoms with van der Waals surface area (Å²) in [5.41, 5.74) is -0.755. The van der Waals surface area contributed by atoms with Gasteiger partial charge in [-0.05, 0) is 26.2 Å². The second-order valence-corrected chi connectivity index (χ2v) is 9.65. The largest absolute Gasteiger partial charge is 0.500 e. The minimum atomic E-state index is -2.55. The van der Waals surface area contributed by atoms with Crippen LogP contribution in [-0.2, 0) is 18.1 Å². The van der Waals surface area contributed by atoms with Gasteiger partial charge in [0.1, 0.15) is 0 Å². The predicted octanol–water partition coefficient (Wildman–Crippen LogP) is 2.87. The van der Waals surface area contributed by atoms with Crippen molar-refractivity contribution in [3.05, 3.63) is 0 Å². The van der Waals surface area contributed by atoms with E-state index in [4.69, 9.17) is 13.3 Å². The number of amides is 1. The Kier molecular flexibility index (Phi) is 12.6. The summed E-state index contributed by atoms with van der Waals surface area (Å²) in [5, 5.41) is 13.2. The molecule has 24 heavy (non-hydrogen) atoms. The van der Waals surface area contributed by atoms with E-state index < -0.39 is 14.4 Å². The Morgan fingerprint density at radius 1 is 1.04 bits per heavy atom. The highest BCUT2D eigenvalue weighted by molar-refractivity contribution is 6.60. The van der Waals surface area contributed by atoms with E-state index in [1.807, 2.05) is 6.92 Å². The maximum absolute atomic E-state index is 11.9. The first-order valence-electron chi connectivity index (χ1n) is 8.99. The van der Waals surface area contributed by atoms with Crippen molar-refractivity contribution in [1.82, 2.24) is 5.32 Å². The summed E-state index contributed by atoms with van der Waals surface area (Å²) in [7, 11) is 2.20. The molecule has 144 valence electrons. The third-order valence-electron chi connectivity index (χ3n) is 4.37. The van der Waals surface area contributed by atoms with Crippen LogP contribution in [0.1, 0.15) is 65.2 Å². The highest BCUT2D eigenvalue weighted by Gasteiger charge is 2.36. The second-order valence-electron chi connectivity index (χ2n) is 6.56. The molecule has 1 atom stereocenters. The van der Waals surface area contributed by atoms with Crippen LogP contribution in [0.2, 0.25) is 6.04 Å². The normalized spacial score (nSPS) is 14.4. The van der Waals surface area contributed by atoms with Crippen molar-refractivity contribution in [3.8, 4) is 0 Å². The number of hydrogen-bond donors (Lipinski definition) is 2. The van der Waals surface area contributed by atoms with Gasteiger partial charge in [0, 0.05) is 40.3 Å². The van der Waals surface area contributed by atoms with E-state index >= 15 is 0 Å². The number of aliphatic hydroxyl groups is 1. The van der Waals surface area contributed by atoms with Crippen molar-refractivity contribution >= 4 is 14.7 Å². The van der Waals surface area contributed by atoms with E-state index in [-0.39, 0.29) is 5.91 Å². The van der Waals surface area contributed by atoms with Gasteiger partial charge in [-0.15, -0.1) is 0 Å². The Hall–Kier alpha value is -0.473. The summed E-state index contributed by atoms with van der Waals surface area (Å²) in [4.78, 5) is 11.9. The number of carbonyl (C=O) groups excluding carboxylic acids is 1. The van der Waals surface area contributed by atoms with Crippen LogP contribution in [0.5, 0.6) is 0 Å². The molecule has 0 aliphatic heterocycles. The highest BCUT2D eigenvalue weighted by atomic mass is 28.4. The molecule has 0 radical (unpaired) electrons. The second kappa shape index (κ2) is 12.8. The number of hydrogen-bond acceptors (Lipinski definition) is 5. The summed E-state index contributed by atoms with van der Waals surface area (Å²) in [6.07, 6.45) is 6.88. The van der Waals surface area contributed by atoms with Crippen LogP contribution in [0.15, 0.2) is 0 Å². The molecule has 0 aromatic heterocycles. The topological polar surface area (TPSA) is 77.0 Å². The Morgan fingerprint density at radius 3 is 2.21 bits per heavy atom. The first-order valence-corrected chi connectivity index (χ1v) is 10.9. The van der Waals surface area contributed by atoms with Gasteiger partial charge >= 0.3 is 8.80 Å². The molecule has 0 saturated carbocycles. The molecule has 6 nitrogen and oxygen atoms in total. The Balaban J connectivity index is 3.89. The number of carbonyl (C=O) groups is 1. The van der Waals surface area contributed by atoms with Crippen LogP contribution < -0.4 is 5.32 Å². The maximum Gasteiger partial charge on any atom is 0.500 e. The lowest BCUT2D eigenvalue weighted by Gasteiger charge is -2.24. The van der Waals surface area contributed by atoms with Gasteiger partial charge in [-0.3, -0.25) is 4.79 Å². The molecule has 0 heterocycles. The Bertz CT molecular complexity index is 327. The summed E-state index contributed by atoms with van der Waals surface area (Å²) in [6.45, 7) is 4.55. The zero-order valence-electron chi connectivity index (χ0n) is 16.2. The van der Waals surface area contributed by atoms with Crippen molar-refractivity contribution in [2.24, 2.45) is 0 Å². The van der Waals surface area contributed by atoms with E-state index in [9.17, 15) is 9.90 Å². The van der Waals surface area contributed by atoms with E-state index in [2.05, 4.69) is 12.2 Å². The highest BCUT2D eigenvalue weighted by Crippen LogP contribution is 2.20. The summed E-state index contributed by atoms with van der Waals surface area (Å²) in [5.74, 6) is -0.0247. The number of rotatable bonds is 15. The van der Waals surface area contributed by atoms with Crippen LogP contribution in [0, 0.1) is 0 Å². The van der Waals surface area contributed by atoms with Gasteiger partial charge in [0.25, 0.3) is 0 Å². The molecule has 0 aromatic rings. The van der Waals surface area contributed by atoms with Crippen LogP contribution in [0.4, 0.5) is 0 Å². The molecule has 0 aliphatic carbocycles. The fraction of sp³-hybridized carbons (Fsp3) is 0.941. The molecular weight excluding hydrogens is 326 g/mol. The van der Waals surface area contributed by atoms with Crippen molar-refractivity contribution in [1.29, 1.82) is 0 Å². The maximum atomic E-state index is 11.9. The fourth-order valence-electron chi connectivity index (χ4n) is 2.62. The predicted molar refractivity (Wildman–Crippen MR) is 97.8 cm³/mol. The smallest absolute Gasteiger partial charge is 0.390 e. The third-order valence-corrected chi connectivity index (χ3v) is 7.21. The lowest BCUT2D eigenvalue weighted by atomic mass is 9.93. The SMILES string of the molecule is CCCCCCC(C)(O)CCC(=O)NCCC[Si](OC)(OC)OC. The van der Waals surface area contributed by atoms with Crippen LogP contribution in [0.3, 0.4) is 0 Å². The van der Waals surface area contributed by atoms with Crippen molar-refractivity contribution < 1.29 is 23.2 Å². The van der Waals surface area contributed by atoms with Gasteiger partial charge in [-0.2, -0.15) is 0 Å². The minimum Gasteiger partial charge on any atom is -0.390 e. The van der Waals surface area contributed by atoms with E-state index in [0.717, 1.165) is 25.7 Å². The Morgan fingerprint density at radius 2 is 1.67 bits per heavy atom. The van der Waals surface area contributed by atoms with Crippen molar-refractivity contribution in [2.45, 2.75) is 76.9 Å². The molecule has 0 aliphatic rings. The van der Waals surface area contributed by atoms with Gasteiger partial charge in [-0.1, -0.05) is 32.6 Å². The zero-order chi connectivity index (χ0) is 18.5. The minimum absolute atomic E-state index is 0.0247. The van der Waals surface area contributed by atoms with E-state index in [1.165, 1.54) is 12.8 Å². The molecule has 0 spiro atoms. The monoisotopic (exact) mass is 363 g/mol. The van der Waals surface area contributed by atoms with Gasteiger partial charge in [0.05, 0.1) is 5.60 Å². The fourth-order valence-corrected chi connectivity index (χ4v) is 4.34. The molecule has 0 saturated heterocycles. The molecule has 2 N–H and O–H groups in total. The van der Waals surface area contributed by atoms with Crippen molar-refractivity contribution in [3.63, 3.8) is 0 Å². The molecule has 1 unspecified atom stereocenters. The van der Waals surface area contributed by atoms with Crippen LogP contribution >= 0.6 is 0 Å². The van der Waals surface area contributed by atoms with Crippen LogP contribution in [0.25, 0.3) is 0 Å². The first kappa shape index (κ1) is 23.5. The van der Waals surface area contributed by atoms with E-state index in [1.54, 1.807) is 21.3 Å². The molecule has 0 bridgehead atoms. The molecular formula is C17H37NO5Si. The lowest BCUT2D eigenvalue weighted by Crippen LogP contribution is -2.43. The van der Waals surface area contributed by atoms with Crippen molar-refractivity contribution in [2.75, 3.05) is 27.9 Å². The third kappa shape index (κ3) is 10.4. The first-order chi connectivity index (χ1) is 11.3. The average Bonchev–Trinajstić information content (AvgIpc) is 2.58. The number of nitrogens with one attached hydrogen (secondary N) is 1. The average molecular weight is 364 g/mol. The van der Waals surface area contributed by atoms with Gasteiger partial charge in [0.2, 0.25) is 5.91 Å². The molecule has 7 heteroatoms. The Labute approximate surface area is 148 Å². The van der Waals surface area contributed by atoms with Gasteiger partial charge in [-0.25, -0.2) is 0 Å². The standard InChI is InChI=1S/C17H37NO5Si/c1-6-7-8-9-12-17(2,20)13-11-16(19)18-14-10-15-24(21-3,22-4)23-5/h20H,6-15H2,1-5H3,(H,18,19). The van der Waals surface area contributed by atoms with Crippen LogP contribution in [-0.4, -0.2) is 53.3 Å². The lowest BCUT2D eigenvalue weighted by molar-refractivity contribution is -0.122. The molecule has 0 aromatic carbocycles. The molecule has 1 amide bonds. The van der Waals surface area contributed by atoms with Gasteiger partial charge < -0.3 is 23.7 Å². The molecule has 0 fully saturated rings. The molecule has 0 rings (SSSR count). The summed E-state index contributed by atoms with van der Waals surface area (Å²) in [6, 6.07) is 0.659. The van der Waals surface area contributed by atoms with E-state index in [0.29, 0.717) is 25.4 Å². The quantitative estimate of drug-likeness (QED) is 0.346. The zero-order valence-corrected chi connectivity index (χ0v) is 17.2. The number of unbranched alkanes of at least 4 members (excludes halogenated alkanes) is 3. The summed E-state index contributed by atoms with van der Waals surface area (Å²) >= 11 is 0.